The van der Waals surface area contributed by atoms with Crippen LogP contribution in [0.4, 0.5) is 0 Å². The van der Waals surface area contributed by atoms with E-state index in [4.69, 9.17) is 9.73 Å². The van der Waals surface area contributed by atoms with Crippen LogP contribution >= 0.6 is 24.0 Å². The molecule has 0 saturated carbocycles. The molecule has 0 spiro atoms. The van der Waals surface area contributed by atoms with Crippen molar-refractivity contribution in [1.82, 2.24) is 15.1 Å². The Labute approximate surface area is 174 Å². The Kier molecular flexibility index (Phi) is 8.42. The molecule has 0 aromatic heterocycles. The van der Waals surface area contributed by atoms with Crippen LogP contribution < -0.4 is 5.32 Å². The standard InChI is InChI=1S/C17H32N4O3S.HI/c1-14(2)19-17(18-11-15-4-10-25(22,23)13-15)21-5-3-16(12-21)20-6-8-24-9-7-20;/h14-16H,3-13H2,1-2H3,(H,18,19);1H. The van der Waals surface area contributed by atoms with E-state index in [2.05, 4.69) is 29.0 Å². The van der Waals surface area contributed by atoms with Crippen molar-refractivity contribution < 1.29 is 13.2 Å². The second-order valence-electron chi connectivity index (χ2n) is 7.77. The van der Waals surface area contributed by atoms with Gasteiger partial charge in [-0.15, -0.1) is 24.0 Å². The summed E-state index contributed by atoms with van der Waals surface area (Å²) in [4.78, 5) is 9.66. The Morgan fingerprint density at radius 2 is 1.96 bits per heavy atom. The molecule has 3 saturated heterocycles. The van der Waals surface area contributed by atoms with Crippen LogP contribution in [0.25, 0.3) is 0 Å². The Bertz CT molecular complexity index is 579. The van der Waals surface area contributed by atoms with Crippen molar-refractivity contribution in [2.24, 2.45) is 10.9 Å². The zero-order chi connectivity index (χ0) is 17.9. The van der Waals surface area contributed by atoms with Crippen molar-refractivity contribution in [1.29, 1.82) is 0 Å². The van der Waals surface area contributed by atoms with Crippen LogP contribution in [0.5, 0.6) is 0 Å². The van der Waals surface area contributed by atoms with Gasteiger partial charge < -0.3 is 15.0 Å². The molecule has 2 unspecified atom stereocenters. The lowest BCUT2D eigenvalue weighted by Gasteiger charge is -2.32. The third-order valence-electron chi connectivity index (χ3n) is 5.27. The molecular formula is C17H33IN4O3S. The van der Waals surface area contributed by atoms with Crippen LogP contribution in [-0.2, 0) is 14.6 Å². The minimum Gasteiger partial charge on any atom is -0.379 e. The molecule has 0 aromatic carbocycles. The molecule has 3 rings (SSSR count). The predicted octanol–water partition coefficient (Wildman–Crippen LogP) is 0.800. The highest BCUT2D eigenvalue weighted by Gasteiger charge is 2.31. The van der Waals surface area contributed by atoms with Gasteiger partial charge in [-0.05, 0) is 32.6 Å². The number of ether oxygens (including phenoxy) is 1. The summed E-state index contributed by atoms with van der Waals surface area (Å²) in [6, 6.07) is 0.878. The highest BCUT2D eigenvalue weighted by Crippen LogP contribution is 2.20. The third-order valence-corrected chi connectivity index (χ3v) is 7.11. The van der Waals surface area contributed by atoms with Crippen LogP contribution in [0.3, 0.4) is 0 Å². The van der Waals surface area contributed by atoms with Crippen LogP contribution in [0.1, 0.15) is 26.7 Å². The maximum atomic E-state index is 11.6. The van der Waals surface area contributed by atoms with Gasteiger partial charge >= 0.3 is 0 Å². The second kappa shape index (κ2) is 9.88. The molecule has 3 heterocycles. The van der Waals surface area contributed by atoms with E-state index in [0.717, 1.165) is 58.2 Å². The SMILES string of the molecule is CC(C)NC(=NCC1CCS(=O)(=O)C1)N1CCC(N2CCOCC2)C1.I. The van der Waals surface area contributed by atoms with E-state index in [1.807, 2.05) is 0 Å². The number of hydrogen-bond donors (Lipinski definition) is 1. The van der Waals surface area contributed by atoms with E-state index in [9.17, 15) is 8.42 Å². The normalized spacial score (nSPS) is 29.8. The topological polar surface area (TPSA) is 74.2 Å². The first kappa shape index (κ1) is 22.2. The predicted molar refractivity (Wildman–Crippen MR) is 115 cm³/mol. The number of morpholine rings is 1. The first-order valence-corrected chi connectivity index (χ1v) is 11.3. The molecule has 9 heteroatoms. The molecule has 3 fully saturated rings. The second-order valence-corrected chi connectivity index (χ2v) is 10.00. The van der Waals surface area contributed by atoms with Crippen LogP contribution in [0, 0.1) is 5.92 Å². The fourth-order valence-electron chi connectivity index (χ4n) is 3.90. The van der Waals surface area contributed by atoms with Gasteiger partial charge in [0.2, 0.25) is 0 Å². The molecule has 3 aliphatic heterocycles. The number of rotatable bonds is 4. The van der Waals surface area contributed by atoms with Crippen molar-refractivity contribution in [3.63, 3.8) is 0 Å². The molecular weight excluding hydrogens is 467 g/mol. The molecule has 2 atom stereocenters. The van der Waals surface area contributed by atoms with Gasteiger partial charge in [-0.25, -0.2) is 8.42 Å². The van der Waals surface area contributed by atoms with Crippen molar-refractivity contribution >= 4 is 39.8 Å². The lowest BCUT2D eigenvalue weighted by Crippen LogP contribution is -2.47. The molecule has 0 aliphatic carbocycles. The van der Waals surface area contributed by atoms with Gasteiger partial charge in [0.05, 0.1) is 24.7 Å². The highest BCUT2D eigenvalue weighted by atomic mass is 127. The van der Waals surface area contributed by atoms with Gasteiger partial charge in [-0.2, -0.15) is 0 Å². The molecule has 7 nitrogen and oxygen atoms in total. The number of likely N-dealkylation sites (tertiary alicyclic amines) is 1. The number of nitrogens with one attached hydrogen (secondary N) is 1. The van der Waals surface area contributed by atoms with Crippen LogP contribution in [0.15, 0.2) is 4.99 Å². The molecule has 152 valence electrons. The van der Waals surface area contributed by atoms with Gasteiger partial charge in [0, 0.05) is 44.8 Å². The molecule has 3 aliphatic rings. The van der Waals surface area contributed by atoms with E-state index >= 15 is 0 Å². The Hall–Kier alpha value is -0.130. The van der Waals surface area contributed by atoms with Crippen LogP contribution in [-0.4, -0.2) is 93.7 Å². The minimum atomic E-state index is -2.83. The fourth-order valence-corrected chi connectivity index (χ4v) is 5.75. The minimum absolute atomic E-state index is 0. The summed E-state index contributed by atoms with van der Waals surface area (Å²) in [7, 11) is -2.83. The van der Waals surface area contributed by atoms with E-state index in [1.54, 1.807) is 0 Å². The summed E-state index contributed by atoms with van der Waals surface area (Å²) in [5.74, 6) is 1.73. The van der Waals surface area contributed by atoms with E-state index in [0.29, 0.717) is 30.1 Å². The van der Waals surface area contributed by atoms with Gasteiger partial charge in [0.15, 0.2) is 15.8 Å². The molecule has 0 aromatic rings. The maximum Gasteiger partial charge on any atom is 0.194 e. The first-order chi connectivity index (χ1) is 11.9. The van der Waals surface area contributed by atoms with E-state index in [-0.39, 0.29) is 29.9 Å². The fraction of sp³-hybridized carbons (Fsp3) is 0.941. The average molecular weight is 500 g/mol. The smallest absolute Gasteiger partial charge is 0.194 e. The monoisotopic (exact) mass is 500 g/mol. The van der Waals surface area contributed by atoms with E-state index in [1.165, 1.54) is 0 Å². The van der Waals surface area contributed by atoms with Crippen molar-refractivity contribution in [2.75, 3.05) is 57.4 Å². The summed E-state index contributed by atoms with van der Waals surface area (Å²) in [6.45, 7) is 10.5. The quantitative estimate of drug-likeness (QED) is 0.350. The molecule has 0 bridgehead atoms. The zero-order valence-electron chi connectivity index (χ0n) is 15.9. The van der Waals surface area contributed by atoms with Gasteiger partial charge in [0.1, 0.15) is 0 Å². The number of hydrogen-bond acceptors (Lipinski definition) is 5. The number of guanidine groups is 1. The maximum absolute atomic E-state index is 11.6. The Morgan fingerprint density at radius 3 is 2.58 bits per heavy atom. The lowest BCUT2D eigenvalue weighted by atomic mass is 10.1. The molecule has 0 amide bonds. The van der Waals surface area contributed by atoms with Crippen molar-refractivity contribution in [3.8, 4) is 0 Å². The van der Waals surface area contributed by atoms with Crippen molar-refractivity contribution in [2.45, 2.75) is 38.8 Å². The molecule has 26 heavy (non-hydrogen) atoms. The van der Waals surface area contributed by atoms with Gasteiger partial charge in [-0.1, -0.05) is 0 Å². The Morgan fingerprint density at radius 1 is 1.23 bits per heavy atom. The Balaban J connectivity index is 0.00000243. The summed E-state index contributed by atoms with van der Waals surface area (Å²) in [5.41, 5.74) is 0. The lowest BCUT2D eigenvalue weighted by molar-refractivity contribution is 0.0194. The number of sulfone groups is 1. The number of aliphatic imine (C=N–C) groups is 1. The summed E-state index contributed by atoms with van der Waals surface area (Å²) in [5, 5.41) is 3.47. The average Bonchev–Trinajstić information content (AvgIpc) is 3.18. The molecule has 1 N–H and O–H groups in total. The van der Waals surface area contributed by atoms with Gasteiger partial charge in [0.25, 0.3) is 0 Å². The summed E-state index contributed by atoms with van der Waals surface area (Å²) < 4.78 is 28.8. The van der Waals surface area contributed by atoms with Crippen molar-refractivity contribution in [3.05, 3.63) is 0 Å². The third kappa shape index (κ3) is 6.20. The number of halogens is 1. The summed E-state index contributed by atoms with van der Waals surface area (Å²) in [6.07, 6.45) is 1.90. The van der Waals surface area contributed by atoms with E-state index < -0.39 is 9.84 Å². The summed E-state index contributed by atoms with van der Waals surface area (Å²) >= 11 is 0. The largest absolute Gasteiger partial charge is 0.379 e. The number of nitrogens with zero attached hydrogens (tertiary/aromatic N) is 3. The van der Waals surface area contributed by atoms with Gasteiger partial charge in [-0.3, -0.25) is 9.89 Å². The van der Waals surface area contributed by atoms with Crippen LogP contribution in [0.2, 0.25) is 0 Å². The highest BCUT2D eigenvalue weighted by molar-refractivity contribution is 14.0. The first-order valence-electron chi connectivity index (χ1n) is 9.51. The zero-order valence-corrected chi connectivity index (χ0v) is 19.0. The molecule has 0 radical (unpaired) electrons.